The van der Waals surface area contributed by atoms with Crippen LogP contribution in [0.25, 0.3) is 0 Å². The minimum atomic E-state index is -2.03. The molecule has 4 N–H and O–H groups in total. The summed E-state index contributed by atoms with van der Waals surface area (Å²) in [6, 6.07) is 8.12. The summed E-state index contributed by atoms with van der Waals surface area (Å²) in [4.78, 5) is 40.3. The summed E-state index contributed by atoms with van der Waals surface area (Å²) in [6.45, 7) is 7.34. The SMILES string of the molecule is CC(=O)O[C@@]12CO[C@@H]1[C@@H](O)C[C@@]1(C)C(=O)[C@H](O)C3=C(C)[C@@H](O)C[C@@](O)([C@@H](OC(=O)c4ccccc4)[C@H]21)C3(C)C. The number of hydrogen-bond acceptors (Lipinski definition) is 10. The Morgan fingerprint density at radius 2 is 1.69 bits per heavy atom. The molecule has 3 aliphatic carbocycles. The zero-order valence-corrected chi connectivity index (χ0v) is 22.7. The van der Waals surface area contributed by atoms with Crippen molar-refractivity contribution >= 4 is 17.7 Å². The molecule has 1 saturated heterocycles. The molecule has 0 aromatic heterocycles. The molecule has 1 aromatic carbocycles. The summed E-state index contributed by atoms with van der Waals surface area (Å²) in [5.74, 6) is -3.43. The van der Waals surface area contributed by atoms with Crippen LogP contribution >= 0.6 is 0 Å². The highest BCUT2D eigenvalue weighted by atomic mass is 16.6. The van der Waals surface area contributed by atoms with Crippen molar-refractivity contribution in [3.05, 3.63) is 47.0 Å². The summed E-state index contributed by atoms with van der Waals surface area (Å²) < 4.78 is 17.7. The molecule has 1 aromatic rings. The Labute approximate surface area is 226 Å². The number of hydrogen-bond donors (Lipinski definition) is 4. The van der Waals surface area contributed by atoms with Crippen LogP contribution in [0.4, 0.5) is 0 Å². The second-order valence-corrected chi connectivity index (χ2v) is 12.3. The summed E-state index contributed by atoms with van der Waals surface area (Å²) >= 11 is 0. The van der Waals surface area contributed by atoms with Crippen molar-refractivity contribution in [2.24, 2.45) is 16.7 Å². The largest absolute Gasteiger partial charge is 0.455 e. The number of fused-ring (bicyclic) bond motifs is 5. The number of carbonyl (C=O) groups excluding carboxylic acids is 3. The lowest BCUT2D eigenvalue weighted by Crippen LogP contribution is -2.82. The maximum absolute atomic E-state index is 14.3. The third-order valence-corrected chi connectivity index (χ3v) is 9.79. The molecule has 0 radical (unpaired) electrons. The summed E-state index contributed by atoms with van der Waals surface area (Å²) in [7, 11) is 0. The van der Waals surface area contributed by atoms with Crippen molar-refractivity contribution in [3.63, 3.8) is 0 Å². The van der Waals surface area contributed by atoms with Crippen molar-refractivity contribution in [2.75, 3.05) is 6.61 Å². The molecule has 10 nitrogen and oxygen atoms in total. The number of esters is 2. The fraction of sp³-hybridized carbons (Fsp3) is 0.621. The highest BCUT2D eigenvalue weighted by Gasteiger charge is 2.77. The molecule has 1 heterocycles. The van der Waals surface area contributed by atoms with Crippen LogP contribution < -0.4 is 0 Å². The molecule has 10 heteroatoms. The van der Waals surface area contributed by atoms with E-state index in [4.69, 9.17) is 14.2 Å². The lowest BCUT2D eigenvalue weighted by Gasteiger charge is -2.67. The first-order chi connectivity index (χ1) is 18.1. The van der Waals surface area contributed by atoms with Crippen LogP contribution in [-0.2, 0) is 23.8 Å². The number of aliphatic hydroxyl groups is 4. The van der Waals surface area contributed by atoms with E-state index in [1.54, 1.807) is 51.1 Å². The van der Waals surface area contributed by atoms with E-state index >= 15 is 0 Å². The smallest absolute Gasteiger partial charge is 0.338 e. The molecule has 39 heavy (non-hydrogen) atoms. The maximum atomic E-state index is 14.3. The lowest BCUT2D eigenvalue weighted by molar-refractivity contribution is -0.351. The van der Waals surface area contributed by atoms with E-state index in [0.717, 1.165) is 0 Å². The highest BCUT2D eigenvalue weighted by molar-refractivity contribution is 5.93. The van der Waals surface area contributed by atoms with Gasteiger partial charge in [0.05, 0.1) is 30.3 Å². The fourth-order valence-corrected chi connectivity index (χ4v) is 7.80. The van der Waals surface area contributed by atoms with Crippen LogP contribution in [0.5, 0.6) is 0 Å². The Kier molecular flexibility index (Phi) is 6.40. The standard InChI is InChI=1S/C29H36O10/c1-14-17(31)12-29(36)24(38-25(35)16-9-7-6-8-10-16)21-27(5,22(34)20(33)19(14)26(29,3)4)11-18(32)23-28(21,13-37-23)39-15(2)30/h6-10,17-18,20-21,23-24,31-33,36H,11-13H2,1-5H3/t17-,18-,20+,21-,23+,24-,27+,28+,29+/m0/s1. The molecule has 1 aliphatic heterocycles. The topological polar surface area (TPSA) is 160 Å². The Hall–Kier alpha value is -2.63. The van der Waals surface area contributed by atoms with Crippen LogP contribution in [0.1, 0.15) is 57.8 Å². The first kappa shape index (κ1) is 27.9. The van der Waals surface area contributed by atoms with Gasteiger partial charge in [-0.2, -0.15) is 0 Å². The number of ether oxygens (including phenoxy) is 3. The van der Waals surface area contributed by atoms with Crippen molar-refractivity contribution in [3.8, 4) is 0 Å². The van der Waals surface area contributed by atoms with E-state index in [9.17, 15) is 34.8 Å². The second-order valence-electron chi connectivity index (χ2n) is 12.3. The fourth-order valence-electron chi connectivity index (χ4n) is 7.80. The van der Waals surface area contributed by atoms with Gasteiger partial charge in [0.2, 0.25) is 0 Å². The van der Waals surface area contributed by atoms with Crippen LogP contribution in [0.15, 0.2) is 41.5 Å². The van der Waals surface area contributed by atoms with E-state index < -0.39 is 76.2 Å². The molecule has 0 unspecified atom stereocenters. The number of rotatable bonds is 3. The van der Waals surface area contributed by atoms with Crippen LogP contribution in [-0.4, -0.2) is 86.5 Å². The first-order valence-corrected chi connectivity index (χ1v) is 13.2. The molecule has 2 bridgehead atoms. The number of aliphatic hydroxyl groups excluding tert-OH is 3. The van der Waals surface area contributed by atoms with Gasteiger partial charge in [-0.25, -0.2) is 4.79 Å². The zero-order valence-electron chi connectivity index (χ0n) is 22.7. The van der Waals surface area contributed by atoms with Gasteiger partial charge in [0.1, 0.15) is 23.9 Å². The van der Waals surface area contributed by atoms with Gasteiger partial charge in [0.25, 0.3) is 0 Å². The highest BCUT2D eigenvalue weighted by Crippen LogP contribution is 2.63. The van der Waals surface area contributed by atoms with E-state index in [1.807, 2.05) is 0 Å². The predicted octanol–water partition coefficient (Wildman–Crippen LogP) is 1.08. The third-order valence-electron chi connectivity index (χ3n) is 9.79. The molecule has 9 atom stereocenters. The van der Waals surface area contributed by atoms with Crippen LogP contribution in [0, 0.1) is 16.7 Å². The molecule has 0 spiro atoms. The molecule has 0 amide bonds. The molecule has 3 fully saturated rings. The zero-order chi connectivity index (χ0) is 28.7. The molecular formula is C29H36O10. The minimum absolute atomic E-state index is 0.136. The first-order valence-electron chi connectivity index (χ1n) is 13.2. The van der Waals surface area contributed by atoms with E-state index in [0.29, 0.717) is 5.57 Å². The van der Waals surface area contributed by atoms with Gasteiger partial charge in [-0.15, -0.1) is 0 Å². The second kappa shape index (κ2) is 8.94. The number of ketones is 1. The van der Waals surface area contributed by atoms with Crippen LogP contribution in [0.2, 0.25) is 0 Å². The van der Waals surface area contributed by atoms with Gasteiger partial charge in [0.15, 0.2) is 11.4 Å². The van der Waals surface area contributed by atoms with E-state index in [-0.39, 0.29) is 30.6 Å². The average molecular weight is 545 g/mol. The van der Waals surface area contributed by atoms with Gasteiger partial charge < -0.3 is 34.6 Å². The Morgan fingerprint density at radius 3 is 2.26 bits per heavy atom. The lowest BCUT2D eigenvalue weighted by atomic mass is 9.45. The van der Waals surface area contributed by atoms with Crippen molar-refractivity contribution < 1.29 is 49.0 Å². The van der Waals surface area contributed by atoms with Gasteiger partial charge in [-0.05, 0) is 36.6 Å². The summed E-state index contributed by atoms with van der Waals surface area (Å²) in [5, 5.41) is 46.4. The molecular weight excluding hydrogens is 508 g/mol. The van der Waals surface area contributed by atoms with Crippen molar-refractivity contribution in [1.29, 1.82) is 0 Å². The molecule has 2 saturated carbocycles. The maximum Gasteiger partial charge on any atom is 0.338 e. The number of Topliss-reactive ketones (excluding diaryl/α,β-unsaturated/α-hetero) is 1. The number of benzene rings is 1. The van der Waals surface area contributed by atoms with E-state index in [1.165, 1.54) is 13.8 Å². The average Bonchev–Trinajstić information content (AvgIpc) is 2.84. The van der Waals surface area contributed by atoms with Gasteiger partial charge in [0, 0.05) is 24.2 Å². The monoisotopic (exact) mass is 544 g/mol. The Bertz CT molecular complexity index is 1240. The normalized spacial score (nSPS) is 42.7. The van der Waals surface area contributed by atoms with Crippen LogP contribution in [0.3, 0.4) is 0 Å². The number of carbonyl (C=O) groups is 3. The molecule has 4 aliphatic rings. The predicted molar refractivity (Wildman–Crippen MR) is 135 cm³/mol. The Balaban J connectivity index is 1.80. The molecule has 212 valence electrons. The summed E-state index contributed by atoms with van der Waals surface area (Å²) in [5.41, 5.74) is -6.02. The van der Waals surface area contributed by atoms with Crippen molar-refractivity contribution in [2.45, 2.75) is 89.2 Å². The van der Waals surface area contributed by atoms with Gasteiger partial charge in [-0.3, -0.25) is 9.59 Å². The molecule has 5 rings (SSSR count). The Morgan fingerprint density at radius 1 is 1.05 bits per heavy atom. The minimum Gasteiger partial charge on any atom is -0.455 e. The van der Waals surface area contributed by atoms with Crippen molar-refractivity contribution in [1.82, 2.24) is 0 Å². The van der Waals surface area contributed by atoms with E-state index in [2.05, 4.69) is 0 Å². The van der Waals surface area contributed by atoms with Gasteiger partial charge in [-0.1, -0.05) is 39.0 Å². The quantitative estimate of drug-likeness (QED) is 0.320. The third kappa shape index (κ3) is 3.69. The van der Waals surface area contributed by atoms with Gasteiger partial charge >= 0.3 is 11.9 Å². The summed E-state index contributed by atoms with van der Waals surface area (Å²) in [6.07, 6.45) is -7.29.